The third-order valence-corrected chi connectivity index (χ3v) is 2.91. The molecule has 0 saturated heterocycles. The average molecular weight is 246 g/mol. The maximum absolute atomic E-state index is 5.64. The summed E-state index contributed by atoms with van der Waals surface area (Å²) in [6.07, 6.45) is 1.78. The van der Waals surface area contributed by atoms with Gasteiger partial charge >= 0.3 is 0 Å². The van der Waals surface area contributed by atoms with Crippen molar-refractivity contribution in [1.82, 2.24) is 15.0 Å². The van der Waals surface area contributed by atoms with Crippen LogP contribution in [0.25, 0.3) is 33.7 Å². The number of rotatable bonds is 1. The highest BCUT2D eigenvalue weighted by Crippen LogP contribution is 2.22. The fourth-order valence-electron chi connectivity index (χ4n) is 1.99. The second-order valence-electron chi connectivity index (χ2n) is 4.17. The average Bonchev–Trinajstić information content (AvgIpc) is 2.90. The first-order valence-corrected chi connectivity index (χ1v) is 5.89. The molecular formula is C15H8N3O. The Morgan fingerprint density at radius 1 is 1.00 bits per heavy atom. The maximum Gasteiger partial charge on any atom is 0.266 e. The summed E-state index contributed by atoms with van der Waals surface area (Å²) in [5, 5.41) is 0.996. The van der Waals surface area contributed by atoms with Gasteiger partial charge in [-0.05, 0) is 24.3 Å². The zero-order chi connectivity index (χ0) is 12.7. The summed E-state index contributed by atoms with van der Waals surface area (Å²) in [6, 6.07) is 16.2. The van der Waals surface area contributed by atoms with Gasteiger partial charge in [0.25, 0.3) is 5.89 Å². The van der Waals surface area contributed by atoms with Gasteiger partial charge in [-0.3, -0.25) is 0 Å². The molecule has 4 rings (SSSR count). The van der Waals surface area contributed by atoms with Gasteiger partial charge in [0.1, 0.15) is 5.52 Å². The summed E-state index contributed by atoms with van der Waals surface area (Å²) < 4.78 is 5.64. The van der Waals surface area contributed by atoms with Crippen LogP contribution < -0.4 is 0 Å². The van der Waals surface area contributed by atoms with Crippen molar-refractivity contribution in [2.45, 2.75) is 0 Å². The van der Waals surface area contributed by atoms with Gasteiger partial charge < -0.3 is 4.42 Å². The van der Waals surface area contributed by atoms with E-state index in [1.807, 2.05) is 30.3 Å². The Hall–Kier alpha value is -2.75. The molecule has 19 heavy (non-hydrogen) atoms. The Bertz CT molecular complexity index is 849. The SMILES string of the molecule is [c]1ccc2nc(-c3ncc4ccccc4n3)oc2c1. The van der Waals surface area contributed by atoms with E-state index in [0.29, 0.717) is 17.3 Å². The van der Waals surface area contributed by atoms with Crippen LogP contribution in [0.5, 0.6) is 0 Å². The van der Waals surface area contributed by atoms with E-state index >= 15 is 0 Å². The Morgan fingerprint density at radius 2 is 1.95 bits per heavy atom. The molecule has 0 saturated carbocycles. The second kappa shape index (κ2) is 3.88. The fourth-order valence-corrected chi connectivity index (χ4v) is 1.99. The molecule has 0 bridgehead atoms. The molecule has 4 heteroatoms. The monoisotopic (exact) mass is 246 g/mol. The van der Waals surface area contributed by atoms with E-state index in [0.717, 1.165) is 16.4 Å². The minimum Gasteiger partial charge on any atom is -0.434 e. The van der Waals surface area contributed by atoms with Gasteiger partial charge in [0.15, 0.2) is 5.58 Å². The van der Waals surface area contributed by atoms with Crippen molar-refractivity contribution in [3.63, 3.8) is 0 Å². The molecule has 0 N–H and O–H groups in total. The molecule has 0 aliphatic carbocycles. The van der Waals surface area contributed by atoms with Crippen LogP contribution in [0.15, 0.2) is 53.1 Å². The molecular weight excluding hydrogens is 238 g/mol. The lowest BCUT2D eigenvalue weighted by molar-refractivity contribution is 0.613. The van der Waals surface area contributed by atoms with Crippen LogP contribution >= 0.6 is 0 Å². The Morgan fingerprint density at radius 3 is 2.89 bits per heavy atom. The van der Waals surface area contributed by atoms with E-state index in [4.69, 9.17) is 4.42 Å². The lowest BCUT2D eigenvalue weighted by Crippen LogP contribution is -1.89. The lowest BCUT2D eigenvalue weighted by atomic mass is 10.2. The molecule has 0 unspecified atom stereocenters. The first-order valence-electron chi connectivity index (χ1n) is 5.89. The minimum absolute atomic E-state index is 0.431. The Balaban J connectivity index is 1.93. The van der Waals surface area contributed by atoms with E-state index in [1.165, 1.54) is 0 Å². The van der Waals surface area contributed by atoms with Crippen LogP contribution in [0.2, 0.25) is 0 Å². The number of nitrogens with zero attached hydrogens (tertiary/aromatic N) is 3. The largest absolute Gasteiger partial charge is 0.434 e. The summed E-state index contributed by atoms with van der Waals surface area (Å²) in [5.74, 6) is 0.926. The van der Waals surface area contributed by atoms with Gasteiger partial charge in [0, 0.05) is 11.6 Å². The van der Waals surface area contributed by atoms with E-state index in [1.54, 1.807) is 18.3 Å². The summed E-state index contributed by atoms with van der Waals surface area (Å²) in [5.41, 5.74) is 2.35. The first-order chi connectivity index (χ1) is 9.40. The zero-order valence-corrected chi connectivity index (χ0v) is 9.87. The standard InChI is InChI=1S/C15H8N3O/c1-2-6-11-10(5-1)9-16-14(17-11)15-18-12-7-3-4-8-13(12)19-15/h1-3,5-9H. The van der Waals surface area contributed by atoms with Crippen LogP contribution in [0.1, 0.15) is 0 Å². The molecule has 1 radical (unpaired) electrons. The van der Waals surface area contributed by atoms with Crippen molar-refractivity contribution < 1.29 is 4.42 Å². The number of hydrogen-bond donors (Lipinski definition) is 0. The van der Waals surface area contributed by atoms with Crippen molar-refractivity contribution in [3.8, 4) is 11.7 Å². The van der Waals surface area contributed by atoms with Crippen molar-refractivity contribution in [1.29, 1.82) is 0 Å². The third-order valence-electron chi connectivity index (χ3n) is 2.91. The van der Waals surface area contributed by atoms with Gasteiger partial charge in [-0.25, -0.2) is 15.0 Å². The highest BCUT2D eigenvalue weighted by atomic mass is 16.3. The van der Waals surface area contributed by atoms with E-state index in [2.05, 4.69) is 21.0 Å². The second-order valence-corrected chi connectivity index (χ2v) is 4.17. The quantitative estimate of drug-likeness (QED) is 0.517. The smallest absolute Gasteiger partial charge is 0.266 e. The molecule has 0 spiro atoms. The van der Waals surface area contributed by atoms with E-state index in [-0.39, 0.29) is 0 Å². The van der Waals surface area contributed by atoms with Crippen molar-refractivity contribution in [3.05, 3.63) is 54.7 Å². The fraction of sp³-hybridized carbons (Fsp3) is 0. The molecule has 0 aliphatic rings. The maximum atomic E-state index is 5.64. The van der Waals surface area contributed by atoms with Gasteiger partial charge in [0.05, 0.1) is 5.52 Å². The normalized spacial score (nSPS) is 11.2. The summed E-state index contributed by atoms with van der Waals surface area (Å²) >= 11 is 0. The molecule has 0 atom stereocenters. The van der Waals surface area contributed by atoms with Crippen molar-refractivity contribution in [2.24, 2.45) is 0 Å². The number of aromatic nitrogens is 3. The molecule has 0 aliphatic heterocycles. The van der Waals surface area contributed by atoms with Crippen LogP contribution in [0, 0.1) is 6.07 Å². The molecule has 4 nitrogen and oxygen atoms in total. The lowest BCUT2D eigenvalue weighted by Gasteiger charge is -1.97. The Kier molecular flexibility index (Phi) is 2.08. The van der Waals surface area contributed by atoms with Crippen LogP contribution in [-0.4, -0.2) is 15.0 Å². The summed E-state index contributed by atoms with van der Waals surface area (Å²) in [7, 11) is 0. The van der Waals surface area contributed by atoms with Crippen LogP contribution in [-0.2, 0) is 0 Å². The van der Waals surface area contributed by atoms with Gasteiger partial charge in [-0.15, -0.1) is 0 Å². The first kappa shape index (κ1) is 10.2. The number of para-hydroxylation sites is 1. The third kappa shape index (κ3) is 1.65. The number of oxazole rings is 1. The molecule has 4 aromatic rings. The van der Waals surface area contributed by atoms with Crippen molar-refractivity contribution >= 4 is 22.0 Å². The van der Waals surface area contributed by atoms with Crippen LogP contribution in [0.4, 0.5) is 0 Å². The molecule has 0 amide bonds. The highest BCUT2D eigenvalue weighted by molar-refractivity contribution is 5.80. The topological polar surface area (TPSA) is 51.8 Å². The number of benzene rings is 2. The number of fused-ring (bicyclic) bond motifs is 2. The molecule has 89 valence electrons. The Labute approximate surface area is 108 Å². The molecule has 2 heterocycles. The van der Waals surface area contributed by atoms with Gasteiger partial charge in [0.2, 0.25) is 5.82 Å². The summed E-state index contributed by atoms with van der Waals surface area (Å²) in [6.45, 7) is 0. The highest BCUT2D eigenvalue weighted by Gasteiger charge is 2.10. The molecule has 2 aromatic carbocycles. The van der Waals surface area contributed by atoms with Gasteiger partial charge in [-0.1, -0.05) is 24.3 Å². The molecule has 0 fully saturated rings. The predicted octanol–water partition coefficient (Wildman–Crippen LogP) is 3.24. The number of hydrogen-bond acceptors (Lipinski definition) is 4. The minimum atomic E-state index is 0.431. The van der Waals surface area contributed by atoms with E-state index < -0.39 is 0 Å². The zero-order valence-electron chi connectivity index (χ0n) is 9.87. The molecule has 2 aromatic heterocycles. The summed E-state index contributed by atoms with van der Waals surface area (Å²) in [4.78, 5) is 13.1. The van der Waals surface area contributed by atoms with E-state index in [9.17, 15) is 0 Å². The van der Waals surface area contributed by atoms with Crippen LogP contribution in [0.3, 0.4) is 0 Å². The van der Waals surface area contributed by atoms with Gasteiger partial charge in [-0.2, -0.15) is 0 Å². The van der Waals surface area contributed by atoms with Crippen molar-refractivity contribution in [2.75, 3.05) is 0 Å². The predicted molar refractivity (Wildman–Crippen MR) is 71.4 cm³/mol.